The smallest absolute Gasteiger partial charge is 0.389 e. The lowest BCUT2D eigenvalue weighted by molar-refractivity contribution is -0.140. The molecule has 38 heavy (non-hydrogen) atoms. The van der Waals surface area contributed by atoms with Crippen LogP contribution in [0.15, 0.2) is 53.2 Å². The highest BCUT2D eigenvalue weighted by Gasteiger charge is 2.40. The number of nitrogens with one attached hydrogen (secondary N) is 4. The van der Waals surface area contributed by atoms with Gasteiger partial charge in [-0.1, -0.05) is 25.6 Å². The van der Waals surface area contributed by atoms with Crippen LogP contribution in [0.4, 0.5) is 23.2 Å². The number of amidine groups is 1. The molecule has 0 radical (unpaired) electrons. The Bertz CT molecular complexity index is 1280. The molecular weight excluding hydrogens is 498 g/mol. The van der Waals surface area contributed by atoms with Crippen LogP contribution in [-0.2, 0) is 6.18 Å². The fraction of sp³-hybridized carbons (Fsp3) is 0.393. The van der Waals surface area contributed by atoms with Crippen molar-refractivity contribution in [3.8, 4) is 0 Å². The Morgan fingerprint density at radius 3 is 2.71 bits per heavy atom. The first-order valence-electron chi connectivity index (χ1n) is 12.7. The van der Waals surface area contributed by atoms with Gasteiger partial charge < -0.3 is 26.4 Å². The maximum atomic E-state index is 14.4. The van der Waals surface area contributed by atoms with Crippen LogP contribution in [0.3, 0.4) is 0 Å². The van der Waals surface area contributed by atoms with E-state index < -0.39 is 29.8 Å². The van der Waals surface area contributed by atoms with E-state index in [0.717, 1.165) is 17.7 Å². The third-order valence-electron chi connectivity index (χ3n) is 6.71. The number of halogens is 4. The molecule has 2 atom stereocenters. The molecule has 6 nitrogen and oxygen atoms in total. The summed E-state index contributed by atoms with van der Waals surface area (Å²) in [4.78, 5) is 4.67. The van der Waals surface area contributed by atoms with Gasteiger partial charge in [-0.2, -0.15) is 13.2 Å². The second-order valence-corrected chi connectivity index (χ2v) is 9.56. The molecule has 0 spiro atoms. The number of hydrogen-bond acceptors (Lipinski definition) is 6. The average Bonchev–Trinajstić information content (AvgIpc) is 2.86. The molecular formula is C28H33F4N5O. The zero-order valence-corrected chi connectivity index (χ0v) is 21.7. The fourth-order valence-corrected chi connectivity index (χ4v) is 4.96. The molecule has 4 rings (SSSR count). The standard InChI is InChI=1S/C28H33F4N5O/c1-5-11-34-22-9-7-18(29)13-21(22)16(3)35-26-19-10-12-33-14-23(19)36-27(37-26)20-8-6-15(2)24(17(4)38)25(20)28(30,31)32/h6-9,13,17,27,33-34,36,38H,3,5,10-12,14H2,1-2,4H3,(H,35,37). The molecule has 2 aliphatic heterocycles. The van der Waals surface area contributed by atoms with Crippen LogP contribution < -0.4 is 21.3 Å². The molecule has 0 aromatic heterocycles. The SMILES string of the molecule is C=C(NC1=NC(c2ccc(C)c(C(C)O)c2C(F)(F)F)NC2=C1CCNC2)c1cc(F)ccc1NCCC. The number of anilines is 1. The third-order valence-corrected chi connectivity index (χ3v) is 6.71. The molecule has 204 valence electrons. The third kappa shape index (κ3) is 5.71. The highest BCUT2D eigenvalue weighted by molar-refractivity contribution is 6.05. The lowest BCUT2D eigenvalue weighted by Crippen LogP contribution is -2.42. The number of aliphatic hydroxyl groups is 1. The van der Waals surface area contributed by atoms with Crippen molar-refractivity contribution in [3.63, 3.8) is 0 Å². The Morgan fingerprint density at radius 1 is 1.26 bits per heavy atom. The quantitative estimate of drug-likeness (QED) is 0.304. The number of nitrogens with zero attached hydrogens (tertiary/aromatic N) is 1. The Balaban J connectivity index is 1.78. The topological polar surface area (TPSA) is 80.7 Å². The van der Waals surface area contributed by atoms with Gasteiger partial charge in [0.2, 0.25) is 0 Å². The molecule has 2 heterocycles. The summed E-state index contributed by atoms with van der Waals surface area (Å²) < 4.78 is 57.3. The maximum absolute atomic E-state index is 14.4. The van der Waals surface area contributed by atoms with Crippen molar-refractivity contribution in [1.29, 1.82) is 0 Å². The fourth-order valence-electron chi connectivity index (χ4n) is 4.96. The summed E-state index contributed by atoms with van der Waals surface area (Å²) in [6.45, 7) is 10.8. The maximum Gasteiger partial charge on any atom is 0.417 e. The summed E-state index contributed by atoms with van der Waals surface area (Å²) in [6.07, 6.45) is -5.62. The van der Waals surface area contributed by atoms with Gasteiger partial charge in [0.05, 0.1) is 11.7 Å². The summed E-state index contributed by atoms with van der Waals surface area (Å²) in [7, 11) is 0. The predicted octanol–water partition coefficient (Wildman–Crippen LogP) is 5.54. The number of hydrogen-bond donors (Lipinski definition) is 5. The van der Waals surface area contributed by atoms with Crippen molar-refractivity contribution in [1.82, 2.24) is 16.0 Å². The second kappa shape index (κ2) is 11.2. The molecule has 0 amide bonds. The van der Waals surface area contributed by atoms with Crippen molar-refractivity contribution < 1.29 is 22.7 Å². The van der Waals surface area contributed by atoms with E-state index >= 15 is 0 Å². The average molecular weight is 532 g/mol. The first-order chi connectivity index (χ1) is 18.0. The number of alkyl halides is 3. The zero-order valence-electron chi connectivity index (χ0n) is 21.7. The van der Waals surface area contributed by atoms with E-state index in [4.69, 9.17) is 0 Å². The molecule has 0 bridgehead atoms. The van der Waals surface area contributed by atoms with Crippen LogP contribution in [0, 0.1) is 12.7 Å². The Hall–Kier alpha value is -3.37. The van der Waals surface area contributed by atoms with E-state index in [9.17, 15) is 22.7 Å². The lowest BCUT2D eigenvalue weighted by atomic mass is 9.90. The van der Waals surface area contributed by atoms with E-state index in [0.29, 0.717) is 54.4 Å². The Labute approximate surface area is 219 Å². The highest BCUT2D eigenvalue weighted by atomic mass is 19.4. The van der Waals surface area contributed by atoms with Crippen molar-refractivity contribution in [2.45, 2.75) is 52.1 Å². The van der Waals surface area contributed by atoms with Gasteiger partial charge in [0.1, 0.15) is 17.8 Å². The minimum Gasteiger partial charge on any atom is -0.389 e. The van der Waals surface area contributed by atoms with E-state index in [1.807, 2.05) is 6.92 Å². The number of aryl methyl sites for hydroxylation is 1. The summed E-state index contributed by atoms with van der Waals surface area (Å²) in [6, 6.07) is 7.32. The summed E-state index contributed by atoms with van der Waals surface area (Å²) in [5, 5.41) is 23.1. The summed E-state index contributed by atoms with van der Waals surface area (Å²) >= 11 is 0. The van der Waals surface area contributed by atoms with Gasteiger partial charge in [-0.15, -0.1) is 0 Å². The van der Waals surface area contributed by atoms with Gasteiger partial charge in [-0.25, -0.2) is 9.38 Å². The molecule has 2 aromatic carbocycles. The molecule has 0 aliphatic carbocycles. The number of aliphatic hydroxyl groups excluding tert-OH is 1. The molecule has 0 saturated carbocycles. The van der Waals surface area contributed by atoms with Crippen molar-refractivity contribution in [2.24, 2.45) is 4.99 Å². The highest BCUT2D eigenvalue weighted by Crippen LogP contribution is 2.42. The van der Waals surface area contributed by atoms with E-state index in [2.05, 4.69) is 32.8 Å². The van der Waals surface area contributed by atoms with Crippen LogP contribution in [0.25, 0.3) is 5.70 Å². The second-order valence-electron chi connectivity index (χ2n) is 9.56. The van der Waals surface area contributed by atoms with Crippen LogP contribution in [-0.4, -0.2) is 30.6 Å². The molecule has 2 aliphatic rings. The van der Waals surface area contributed by atoms with Gasteiger partial charge >= 0.3 is 6.18 Å². The number of benzene rings is 2. The van der Waals surface area contributed by atoms with E-state index in [-0.39, 0.29) is 11.1 Å². The van der Waals surface area contributed by atoms with Crippen molar-refractivity contribution >= 4 is 17.2 Å². The lowest BCUT2D eigenvalue weighted by Gasteiger charge is -2.34. The first-order valence-corrected chi connectivity index (χ1v) is 12.7. The van der Waals surface area contributed by atoms with Crippen LogP contribution in [0.2, 0.25) is 0 Å². The Morgan fingerprint density at radius 2 is 2.03 bits per heavy atom. The van der Waals surface area contributed by atoms with Crippen molar-refractivity contribution in [3.05, 3.63) is 81.8 Å². The molecule has 2 unspecified atom stereocenters. The van der Waals surface area contributed by atoms with Gasteiger partial charge in [0.25, 0.3) is 0 Å². The number of aliphatic imine (C=N–C) groups is 1. The zero-order chi connectivity index (χ0) is 27.6. The molecule has 10 heteroatoms. The van der Waals surface area contributed by atoms with Crippen LogP contribution in [0.5, 0.6) is 0 Å². The van der Waals surface area contributed by atoms with E-state index in [1.165, 1.54) is 25.1 Å². The summed E-state index contributed by atoms with van der Waals surface area (Å²) in [5.41, 5.74) is 2.33. The van der Waals surface area contributed by atoms with Gasteiger partial charge in [0, 0.05) is 46.9 Å². The Kier molecular flexibility index (Phi) is 8.13. The molecule has 2 aromatic rings. The van der Waals surface area contributed by atoms with Gasteiger partial charge in [-0.3, -0.25) is 0 Å². The van der Waals surface area contributed by atoms with Gasteiger partial charge in [0.15, 0.2) is 0 Å². The normalized spacial score (nSPS) is 18.3. The van der Waals surface area contributed by atoms with E-state index in [1.54, 1.807) is 19.1 Å². The van der Waals surface area contributed by atoms with Gasteiger partial charge in [-0.05, 0) is 62.6 Å². The number of rotatable bonds is 7. The van der Waals surface area contributed by atoms with Crippen molar-refractivity contribution in [2.75, 3.05) is 25.0 Å². The molecule has 5 N–H and O–H groups in total. The van der Waals surface area contributed by atoms with Crippen LogP contribution in [0.1, 0.15) is 66.8 Å². The minimum absolute atomic E-state index is 0.0860. The van der Waals surface area contributed by atoms with Crippen LogP contribution >= 0.6 is 0 Å². The minimum atomic E-state index is -4.71. The monoisotopic (exact) mass is 531 g/mol. The molecule has 0 saturated heterocycles. The largest absolute Gasteiger partial charge is 0.417 e. The predicted molar refractivity (Wildman–Crippen MR) is 142 cm³/mol. The molecule has 0 fully saturated rings. The first kappa shape index (κ1) is 27.7. The summed E-state index contributed by atoms with van der Waals surface area (Å²) in [5.74, 6) is -0.0507.